The van der Waals surface area contributed by atoms with Crippen LogP contribution in [-0.4, -0.2) is 113 Å². The van der Waals surface area contributed by atoms with E-state index in [0.29, 0.717) is 39.0 Å². The molecule has 16 heteroatoms. The van der Waals surface area contributed by atoms with Crippen molar-refractivity contribution in [2.75, 3.05) is 46.2 Å². The van der Waals surface area contributed by atoms with Gasteiger partial charge in [-0.2, -0.15) is 0 Å². The first-order chi connectivity index (χ1) is 25.8. The second kappa shape index (κ2) is 54.2. The van der Waals surface area contributed by atoms with E-state index in [9.17, 15) is 69.3 Å². The zero-order valence-corrected chi connectivity index (χ0v) is 40.6. The summed E-state index contributed by atoms with van der Waals surface area (Å²) in [5.41, 5.74) is 3.31. The van der Waals surface area contributed by atoms with E-state index in [0.717, 1.165) is 0 Å². The summed E-state index contributed by atoms with van der Waals surface area (Å²) in [5, 5.41) is 68.5. The molecule has 0 saturated carbocycles. The van der Waals surface area contributed by atoms with Crippen LogP contribution < -0.4 is 35.7 Å². The SMILES string of the molecule is C=C(C)C(=O)CC[O-].C=C(C)C(=O)CC[O-].C=C(C)C(=O)CC[O-].C=C(C)C(=O)CC[O-].C=C(C)C(=O)CC[O-].C=C(C)C(=O)CC[O-].C=C(C)C(=O)CC[O-].[Bi+3].[Ti+4]. The molecule has 0 aromatic carbocycles. The van der Waals surface area contributed by atoms with Gasteiger partial charge in [-0.25, -0.2) is 0 Å². The summed E-state index contributed by atoms with van der Waals surface area (Å²) >= 11 is 0. The van der Waals surface area contributed by atoms with Gasteiger partial charge in [-0.05, 0) is 132 Å². The Labute approximate surface area is 380 Å². The minimum absolute atomic E-state index is 0. The van der Waals surface area contributed by atoms with Gasteiger partial charge in [0.1, 0.15) is 0 Å². The Kier molecular flexibility index (Phi) is 71.0. The smallest absolute Gasteiger partial charge is 0.854 e. The standard InChI is InChI=1S/7C6H9O2.Bi.Ti/c7*1-5(2)6(8)3-4-7;;/h7*1,3-4H2,2H3;;/q7*-1;+3;+4. The molecule has 2 radical (unpaired) electrons. The Bertz CT molecular complexity index is 1030. The topological polar surface area (TPSA) is 281 Å². The van der Waals surface area contributed by atoms with E-state index >= 15 is 0 Å². The zero-order valence-electron chi connectivity index (χ0n) is 35.5. The van der Waals surface area contributed by atoms with Crippen LogP contribution in [-0.2, 0) is 55.3 Å². The maximum absolute atomic E-state index is 10.4. The van der Waals surface area contributed by atoms with Gasteiger partial charge in [0.05, 0.1) is 0 Å². The molecule has 0 aromatic heterocycles. The van der Waals surface area contributed by atoms with Crippen molar-refractivity contribution in [3.8, 4) is 0 Å². The molecule has 0 amide bonds. The maximum atomic E-state index is 10.4. The largest absolute Gasteiger partial charge is 4.00 e. The summed E-state index contributed by atoms with van der Waals surface area (Å²) in [6.07, 6.45) is 0.648. The van der Waals surface area contributed by atoms with Crippen molar-refractivity contribution >= 4 is 66.7 Å². The Morgan fingerprint density at radius 1 is 0.276 bits per heavy atom. The fraction of sp³-hybridized carbons (Fsp3) is 0.500. The fourth-order valence-corrected chi connectivity index (χ4v) is 2.14. The minimum Gasteiger partial charge on any atom is -0.854 e. The monoisotopic (exact) mass is 1050 g/mol. The van der Waals surface area contributed by atoms with Gasteiger partial charge in [0.25, 0.3) is 0 Å². The third-order valence-electron chi connectivity index (χ3n) is 5.64. The van der Waals surface area contributed by atoms with Crippen LogP contribution in [0.4, 0.5) is 0 Å². The molecule has 324 valence electrons. The molecule has 0 atom stereocenters. The van der Waals surface area contributed by atoms with Crippen LogP contribution in [0.15, 0.2) is 85.1 Å². The van der Waals surface area contributed by atoms with Crippen LogP contribution in [0.1, 0.15) is 93.4 Å². The van der Waals surface area contributed by atoms with Gasteiger partial charge in [0, 0.05) is 0 Å². The van der Waals surface area contributed by atoms with Crippen molar-refractivity contribution in [2.45, 2.75) is 93.4 Å². The minimum atomic E-state index is -0.328. The number of hydrogen-bond donors (Lipinski definition) is 0. The number of allylic oxidation sites excluding steroid dienone is 7. The van der Waals surface area contributed by atoms with Crippen LogP contribution in [0.2, 0.25) is 0 Å². The van der Waals surface area contributed by atoms with Gasteiger partial charge in [-0.15, -0.1) is 46.2 Å². The summed E-state index contributed by atoms with van der Waals surface area (Å²) < 4.78 is 0. The number of carbonyl (C=O) groups is 7. The van der Waals surface area contributed by atoms with Crippen LogP contribution in [0.5, 0.6) is 0 Å². The predicted octanol–water partition coefficient (Wildman–Crippen LogP) is -1.21. The molecule has 0 saturated heterocycles. The third-order valence-corrected chi connectivity index (χ3v) is 5.64. The quantitative estimate of drug-likeness (QED) is 0.0964. The van der Waals surface area contributed by atoms with Crippen molar-refractivity contribution in [3.05, 3.63) is 85.1 Å². The molecule has 0 fully saturated rings. The van der Waals surface area contributed by atoms with Gasteiger partial charge >= 0.3 is 47.9 Å². The van der Waals surface area contributed by atoms with E-state index in [-0.39, 0.29) is 180 Å². The first-order valence-corrected chi connectivity index (χ1v) is 17.1. The molecular weight excluding hydrogens is 985 g/mol. The van der Waals surface area contributed by atoms with Gasteiger partial charge in [-0.3, -0.25) is 33.6 Å². The van der Waals surface area contributed by atoms with E-state index in [1.165, 1.54) is 0 Å². The Morgan fingerprint density at radius 3 is 0.362 bits per heavy atom. The van der Waals surface area contributed by atoms with E-state index in [1.807, 2.05) is 0 Å². The first kappa shape index (κ1) is 76.0. The van der Waals surface area contributed by atoms with Crippen LogP contribution in [0, 0.1) is 0 Å². The molecule has 0 heterocycles. The van der Waals surface area contributed by atoms with E-state index < -0.39 is 0 Å². The maximum Gasteiger partial charge on any atom is 4.00 e. The van der Waals surface area contributed by atoms with Crippen molar-refractivity contribution < 1.29 is 91.0 Å². The number of ketones is 7. The number of carbonyl (C=O) groups excluding carboxylic acids is 7. The number of hydrogen-bond acceptors (Lipinski definition) is 14. The summed E-state index contributed by atoms with van der Waals surface area (Å²) in [5.74, 6) is -0.875. The molecule has 0 aromatic rings. The average Bonchev–Trinajstić information content (AvgIpc) is 3.10. The molecule has 0 spiro atoms. The average molecular weight is 1050 g/mol. The second-order valence-electron chi connectivity index (χ2n) is 11.6. The molecule has 0 bridgehead atoms. The van der Waals surface area contributed by atoms with E-state index in [1.54, 1.807) is 48.5 Å². The van der Waals surface area contributed by atoms with Crippen LogP contribution >= 0.6 is 0 Å². The van der Waals surface area contributed by atoms with Crippen LogP contribution in [0.25, 0.3) is 0 Å². The molecule has 0 aliphatic rings. The van der Waals surface area contributed by atoms with Crippen molar-refractivity contribution in [2.24, 2.45) is 0 Å². The molecule has 14 nitrogen and oxygen atoms in total. The van der Waals surface area contributed by atoms with E-state index in [2.05, 4.69) is 46.1 Å². The molecule has 0 N–H and O–H groups in total. The Balaban J connectivity index is -0.0000000686. The van der Waals surface area contributed by atoms with Gasteiger partial charge in [-0.1, -0.05) is 46.1 Å². The summed E-state index contributed by atoms with van der Waals surface area (Å²) in [6.45, 7) is 32.7. The van der Waals surface area contributed by atoms with Crippen molar-refractivity contribution in [1.82, 2.24) is 0 Å². The molecule has 0 aliphatic carbocycles. The number of Topliss-reactive ketones (excluding diaryl/α,β-unsaturated/α-hetero) is 7. The van der Waals surface area contributed by atoms with Crippen LogP contribution in [0.3, 0.4) is 0 Å². The third kappa shape index (κ3) is 67.9. The summed E-state index contributed by atoms with van der Waals surface area (Å²) in [4.78, 5) is 73.1. The van der Waals surface area contributed by atoms with Gasteiger partial charge in [0.2, 0.25) is 0 Å². The molecule has 0 aliphatic heterocycles. The van der Waals surface area contributed by atoms with E-state index in [4.69, 9.17) is 0 Å². The fourth-order valence-electron chi connectivity index (χ4n) is 2.14. The van der Waals surface area contributed by atoms with Gasteiger partial charge < -0.3 is 35.7 Å². The summed E-state index contributed by atoms with van der Waals surface area (Å²) in [6, 6.07) is 0. The predicted molar refractivity (Wildman–Crippen MR) is 211 cm³/mol. The first-order valence-electron chi connectivity index (χ1n) is 17.1. The molecule has 0 unspecified atom stereocenters. The molecule has 0 rings (SSSR count). The normalized spacial score (nSPS) is 8.45. The number of rotatable bonds is 21. The Morgan fingerprint density at radius 2 is 0.345 bits per heavy atom. The summed E-state index contributed by atoms with van der Waals surface area (Å²) in [7, 11) is 0. The Hall–Kier alpha value is -2.81. The second-order valence-corrected chi connectivity index (χ2v) is 11.6. The van der Waals surface area contributed by atoms with Gasteiger partial charge in [0.15, 0.2) is 40.5 Å². The zero-order chi connectivity index (χ0) is 46.0. The van der Waals surface area contributed by atoms with Crippen molar-refractivity contribution in [3.63, 3.8) is 0 Å². The molecular formula is C42H63BiO14Ti. The molecule has 58 heavy (non-hydrogen) atoms. The van der Waals surface area contributed by atoms with Crippen molar-refractivity contribution in [1.29, 1.82) is 0 Å².